The molecule has 2 rings (SSSR count). The molecule has 0 aromatic heterocycles. The van der Waals surface area contributed by atoms with Gasteiger partial charge < -0.3 is 16.8 Å². The Labute approximate surface area is 209 Å². The van der Waals surface area contributed by atoms with Gasteiger partial charge in [-0.15, -0.1) is 0 Å². The summed E-state index contributed by atoms with van der Waals surface area (Å²) >= 11 is 1.40. The third kappa shape index (κ3) is 9.16. The van der Waals surface area contributed by atoms with E-state index in [1.165, 1.54) is 17.3 Å². The predicted molar refractivity (Wildman–Crippen MR) is 143 cm³/mol. The monoisotopic (exact) mass is 486 g/mol. The summed E-state index contributed by atoms with van der Waals surface area (Å²) in [6, 6.07) is 7.52. The number of nitrogens with zero attached hydrogens (tertiary/aromatic N) is 1. The van der Waals surface area contributed by atoms with Gasteiger partial charge in [-0.3, -0.25) is 14.6 Å². The van der Waals surface area contributed by atoms with Crippen LogP contribution in [-0.2, 0) is 16.0 Å². The normalized spacial score (nSPS) is 18.0. The summed E-state index contributed by atoms with van der Waals surface area (Å²) in [6.45, 7) is 11.1. The molecule has 1 aliphatic rings. The minimum atomic E-state index is -0.630. The lowest BCUT2D eigenvalue weighted by Gasteiger charge is -2.35. The summed E-state index contributed by atoms with van der Waals surface area (Å²) in [5.74, 6) is -0.204. The van der Waals surface area contributed by atoms with E-state index in [1.807, 2.05) is 18.2 Å². The van der Waals surface area contributed by atoms with Crippen LogP contribution in [0.3, 0.4) is 0 Å². The summed E-state index contributed by atoms with van der Waals surface area (Å²) in [4.78, 5) is 32.1. The van der Waals surface area contributed by atoms with Crippen LogP contribution in [0.1, 0.15) is 77.7 Å². The van der Waals surface area contributed by atoms with Gasteiger partial charge >= 0.3 is 0 Å². The molecule has 34 heavy (non-hydrogen) atoms. The number of nitrogens with one attached hydrogen (secondary N) is 1. The highest BCUT2D eigenvalue weighted by atomic mass is 32.2. The lowest BCUT2D eigenvalue weighted by atomic mass is 9.72. The first-order valence-corrected chi connectivity index (χ1v) is 13.3. The van der Waals surface area contributed by atoms with Gasteiger partial charge in [0.15, 0.2) is 11.7 Å². The molecule has 1 aromatic carbocycles. The number of guanidine groups is 1. The highest BCUT2D eigenvalue weighted by Gasteiger charge is 2.34. The average molecular weight is 487 g/mol. The van der Waals surface area contributed by atoms with Crippen molar-refractivity contribution in [1.29, 1.82) is 0 Å². The quantitative estimate of drug-likeness (QED) is 0.120. The number of Topliss-reactive ketones (excluding diaryl/α,β-unsaturated/α-hetero) is 1. The van der Waals surface area contributed by atoms with Crippen LogP contribution in [0, 0.1) is 11.3 Å². The standard InChI is InChI=1S/C27H42N4O2S/c1-5-6-11-20-12-7-8-15-23(20)34-19(2)24(32)22(14-10-17-30-26(28)29)31-25(33)21-13-9-16-27(3,4)18-21/h7-8,12,15,21-22H,2,5-6,9-11,13-14,16-18H2,1,3-4H3,(H,31,33)(H4,28,29,30). The van der Waals surface area contributed by atoms with Crippen LogP contribution in [0.2, 0.25) is 0 Å². The Kier molecular flexibility index (Phi) is 11.2. The summed E-state index contributed by atoms with van der Waals surface area (Å²) in [5.41, 5.74) is 12.2. The van der Waals surface area contributed by atoms with Crippen molar-refractivity contribution in [3.05, 3.63) is 41.3 Å². The van der Waals surface area contributed by atoms with E-state index in [1.54, 1.807) is 0 Å². The van der Waals surface area contributed by atoms with Gasteiger partial charge in [0.1, 0.15) is 0 Å². The van der Waals surface area contributed by atoms with Crippen molar-refractivity contribution in [2.45, 2.75) is 89.5 Å². The molecular formula is C27H42N4O2S. The zero-order valence-corrected chi connectivity index (χ0v) is 21.9. The van der Waals surface area contributed by atoms with Crippen molar-refractivity contribution >= 4 is 29.4 Å². The van der Waals surface area contributed by atoms with Gasteiger partial charge in [-0.2, -0.15) is 0 Å². The maximum absolute atomic E-state index is 13.4. The van der Waals surface area contributed by atoms with Crippen LogP contribution in [0.4, 0.5) is 0 Å². The molecule has 7 heteroatoms. The lowest BCUT2D eigenvalue weighted by molar-refractivity contribution is -0.130. The number of benzene rings is 1. The second kappa shape index (κ2) is 13.6. The second-order valence-corrected chi connectivity index (χ2v) is 11.2. The highest BCUT2D eigenvalue weighted by molar-refractivity contribution is 8.04. The maximum atomic E-state index is 13.4. The van der Waals surface area contributed by atoms with E-state index < -0.39 is 6.04 Å². The molecule has 0 aliphatic heterocycles. The number of carbonyl (C=O) groups excluding carboxylic acids is 2. The zero-order chi connectivity index (χ0) is 25.1. The molecule has 188 valence electrons. The Morgan fingerprint density at radius 3 is 2.68 bits per heavy atom. The van der Waals surface area contributed by atoms with E-state index in [2.05, 4.69) is 43.7 Å². The largest absolute Gasteiger partial charge is 0.370 e. The molecule has 1 saturated carbocycles. The Morgan fingerprint density at radius 2 is 2.00 bits per heavy atom. The van der Waals surface area contributed by atoms with Crippen molar-refractivity contribution in [2.24, 2.45) is 27.8 Å². The summed E-state index contributed by atoms with van der Waals surface area (Å²) in [6.07, 6.45) is 8.11. The Balaban J connectivity index is 2.11. The molecule has 0 heterocycles. The fraction of sp³-hybridized carbons (Fsp3) is 0.593. The number of aryl methyl sites for hydroxylation is 1. The predicted octanol–water partition coefficient (Wildman–Crippen LogP) is 4.96. The smallest absolute Gasteiger partial charge is 0.223 e. The number of carbonyl (C=O) groups is 2. The summed E-state index contributed by atoms with van der Waals surface area (Å²) < 4.78 is 0. The molecule has 0 radical (unpaired) electrons. The fourth-order valence-corrected chi connectivity index (χ4v) is 5.49. The van der Waals surface area contributed by atoms with Crippen LogP contribution in [0.25, 0.3) is 0 Å². The minimum Gasteiger partial charge on any atom is -0.370 e. The molecule has 1 aromatic rings. The number of hydrogen-bond donors (Lipinski definition) is 3. The first-order valence-electron chi connectivity index (χ1n) is 12.5. The SMILES string of the molecule is C=C(Sc1ccccc1CCCC)C(=O)C(CCCN=C(N)N)NC(=O)C1CCCC(C)(C)C1. The summed E-state index contributed by atoms with van der Waals surface area (Å²) in [7, 11) is 0. The van der Waals surface area contributed by atoms with Crippen molar-refractivity contribution < 1.29 is 9.59 Å². The van der Waals surface area contributed by atoms with Gasteiger partial charge in [0.05, 0.1) is 10.9 Å². The Bertz CT molecular complexity index is 877. The van der Waals surface area contributed by atoms with E-state index in [4.69, 9.17) is 11.5 Å². The number of aliphatic imine (C=N–C) groups is 1. The molecule has 2 unspecified atom stereocenters. The Hall–Kier alpha value is -2.28. The Morgan fingerprint density at radius 1 is 1.26 bits per heavy atom. The van der Waals surface area contributed by atoms with Crippen LogP contribution >= 0.6 is 11.8 Å². The van der Waals surface area contributed by atoms with Crippen LogP contribution in [0.5, 0.6) is 0 Å². The topological polar surface area (TPSA) is 111 Å². The molecule has 1 fully saturated rings. The first-order chi connectivity index (χ1) is 16.1. The van der Waals surface area contributed by atoms with E-state index in [-0.39, 0.29) is 29.0 Å². The van der Waals surface area contributed by atoms with Gasteiger partial charge in [-0.25, -0.2) is 0 Å². The van der Waals surface area contributed by atoms with Crippen LogP contribution in [-0.4, -0.2) is 30.2 Å². The number of rotatable bonds is 13. The minimum absolute atomic E-state index is 0.0278. The van der Waals surface area contributed by atoms with Gasteiger partial charge in [0, 0.05) is 17.4 Å². The van der Waals surface area contributed by atoms with E-state index >= 15 is 0 Å². The molecule has 0 saturated heterocycles. The number of hydrogen-bond acceptors (Lipinski definition) is 4. The van der Waals surface area contributed by atoms with Crippen LogP contribution < -0.4 is 16.8 Å². The fourth-order valence-electron chi connectivity index (χ4n) is 4.54. The van der Waals surface area contributed by atoms with Crippen molar-refractivity contribution in [1.82, 2.24) is 5.32 Å². The van der Waals surface area contributed by atoms with Crippen molar-refractivity contribution in [3.63, 3.8) is 0 Å². The lowest BCUT2D eigenvalue weighted by Crippen LogP contribution is -2.45. The molecule has 1 aliphatic carbocycles. The summed E-state index contributed by atoms with van der Waals surface area (Å²) in [5, 5.41) is 3.05. The van der Waals surface area contributed by atoms with E-state index in [9.17, 15) is 9.59 Å². The number of nitrogens with two attached hydrogens (primary N) is 2. The third-order valence-corrected chi connectivity index (χ3v) is 7.50. The van der Waals surface area contributed by atoms with Crippen molar-refractivity contribution in [3.8, 4) is 0 Å². The molecule has 6 nitrogen and oxygen atoms in total. The third-order valence-electron chi connectivity index (χ3n) is 6.43. The molecular weight excluding hydrogens is 444 g/mol. The molecule has 2 atom stereocenters. The van der Waals surface area contributed by atoms with Crippen LogP contribution in [0.15, 0.2) is 45.6 Å². The number of amides is 1. The average Bonchev–Trinajstić information content (AvgIpc) is 2.79. The zero-order valence-electron chi connectivity index (χ0n) is 21.1. The molecule has 0 bridgehead atoms. The van der Waals surface area contributed by atoms with Gasteiger partial charge in [0.2, 0.25) is 5.91 Å². The number of thioether (sulfide) groups is 1. The number of ketones is 1. The second-order valence-electron chi connectivity index (χ2n) is 10.1. The molecule has 1 amide bonds. The van der Waals surface area contributed by atoms with Gasteiger partial charge in [0.25, 0.3) is 0 Å². The van der Waals surface area contributed by atoms with E-state index in [0.29, 0.717) is 24.3 Å². The van der Waals surface area contributed by atoms with Crippen molar-refractivity contribution in [2.75, 3.05) is 6.54 Å². The van der Waals surface area contributed by atoms with E-state index in [0.717, 1.165) is 49.8 Å². The molecule has 0 spiro atoms. The van der Waals surface area contributed by atoms with Gasteiger partial charge in [-0.05, 0) is 62.0 Å². The number of unbranched alkanes of at least 4 members (excludes halogenated alkanes) is 1. The highest BCUT2D eigenvalue weighted by Crippen LogP contribution is 2.38. The van der Waals surface area contributed by atoms with Gasteiger partial charge in [-0.1, -0.05) is 70.2 Å². The first kappa shape index (κ1) is 28.0. The molecule has 5 N–H and O–H groups in total. The maximum Gasteiger partial charge on any atom is 0.223 e.